The summed E-state index contributed by atoms with van der Waals surface area (Å²) in [7, 11) is -7.71. The molecule has 2 aromatic rings. The third-order valence-electron chi connectivity index (χ3n) is 4.45. The zero-order valence-corrected chi connectivity index (χ0v) is 18.6. The van der Waals surface area contributed by atoms with Crippen molar-refractivity contribution in [1.82, 2.24) is 9.62 Å². The van der Waals surface area contributed by atoms with Crippen LogP contribution in [0, 0.1) is 0 Å². The predicted molar refractivity (Wildman–Crippen MR) is 113 cm³/mol. The lowest BCUT2D eigenvalue weighted by Gasteiger charge is -2.32. The normalized spacial score (nSPS) is 19.0. The summed E-state index contributed by atoms with van der Waals surface area (Å²) in [4.78, 5) is 0. The van der Waals surface area contributed by atoms with Crippen molar-refractivity contribution in [3.63, 3.8) is 0 Å². The first-order chi connectivity index (χ1) is 12.7. The molecule has 28 heavy (non-hydrogen) atoms. The van der Waals surface area contributed by atoms with E-state index in [0.29, 0.717) is 25.1 Å². The Bertz CT molecular complexity index is 1010. The number of hydrogen-bond acceptors (Lipinski definition) is 6. The molecule has 11 heteroatoms. The molecule has 0 saturated carbocycles. The van der Waals surface area contributed by atoms with Crippen molar-refractivity contribution < 1.29 is 16.8 Å². The fraction of sp³-hybridized carbons (Fsp3) is 0.412. The number of hydrogen-bond donors (Lipinski definition) is 2. The summed E-state index contributed by atoms with van der Waals surface area (Å²) in [6.45, 7) is 3.32. The maximum absolute atomic E-state index is 13.1. The van der Waals surface area contributed by atoms with Crippen molar-refractivity contribution in [2.75, 3.05) is 19.6 Å². The van der Waals surface area contributed by atoms with Gasteiger partial charge in [0.2, 0.25) is 10.0 Å². The molecular formula is C17H24ClN3O4S3. The van der Waals surface area contributed by atoms with E-state index in [1.54, 1.807) is 0 Å². The highest BCUT2D eigenvalue weighted by molar-refractivity contribution is 7.94. The second-order valence-electron chi connectivity index (χ2n) is 6.46. The van der Waals surface area contributed by atoms with Crippen LogP contribution in [0.3, 0.4) is 0 Å². The summed E-state index contributed by atoms with van der Waals surface area (Å²) >= 11 is 0.729. The van der Waals surface area contributed by atoms with E-state index >= 15 is 0 Å². The van der Waals surface area contributed by atoms with Crippen molar-refractivity contribution >= 4 is 43.8 Å². The van der Waals surface area contributed by atoms with Gasteiger partial charge < -0.3 is 5.32 Å². The van der Waals surface area contributed by atoms with E-state index in [-0.39, 0.29) is 33.4 Å². The van der Waals surface area contributed by atoms with Gasteiger partial charge in [0.15, 0.2) is 0 Å². The van der Waals surface area contributed by atoms with Crippen molar-refractivity contribution in [3.05, 3.63) is 47.5 Å². The molecule has 0 radical (unpaired) electrons. The van der Waals surface area contributed by atoms with Crippen LogP contribution in [0.5, 0.6) is 0 Å². The van der Waals surface area contributed by atoms with Gasteiger partial charge in [-0.25, -0.2) is 22.0 Å². The van der Waals surface area contributed by atoms with Gasteiger partial charge in [-0.15, -0.1) is 23.7 Å². The average molecular weight is 466 g/mol. The third-order valence-corrected chi connectivity index (χ3v) is 9.42. The number of rotatable bonds is 7. The quantitative estimate of drug-likeness (QED) is 0.650. The molecule has 0 spiro atoms. The van der Waals surface area contributed by atoms with Gasteiger partial charge in [0.05, 0.1) is 0 Å². The Morgan fingerprint density at radius 3 is 2.57 bits per heavy atom. The first-order valence-corrected chi connectivity index (χ1v) is 12.5. The molecule has 1 aliphatic rings. The Hall–Kier alpha value is -1.01. The van der Waals surface area contributed by atoms with Gasteiger partial charge in [0, 0.05) is 24.7 Å². The van der Waals surface area contributed by atoms with E-state index in [9.17, 15) is 16.8 Å². The second kappa shape index (κ2) is 9.21. The monoisotopic (exact) mass is 465 g/mol. The van der Waals surface area contributed by atoms with E-state index in [0.717, 1.165) is 23.3 Å². The van der Waals surface area contributed by atoms with Gasteiger partial charge in [0.1, 0.15) is 8.42 Å². The molecule has 0 unspecified atom stereocenters. The maximum atomic E-state index is 13.1. The largest absolute Gasteiger partial charge is 0.309 e. The predicted octanol–water partition coefficient (Wildman–Crippen LogP) is 2.10. The minimum atomic E-state index is -3.96. The Morgan fingerprint density at radius 2 is 1.96 bits per heavy atom. The van der Waals surface area contributed by atoms with Crippen LogP contribution in [0.1, 0.15) is 30.5 Å². The Labute approximate surface area is 176 Å². The van der Waals surface area contributed by atoms with Crippen LogP contribution in [-0.2, 0) is 26.5 Å². The number of nitrogens with zero attached hydrogens (tertiary/aromatic N) is 1. The summed E-state index contributed by atoms with van der Waals surface area (Å²) in [5.41, 5.74) is 1.54. The highest BCUT2D eigenvalue weighted by Crippen LogP contribution is 2.39. The Morgan fingerprint density at radius 1 is 1.29 bits per heavy atom. The molecule has 0 amide bonds. The van der Waals surface area contributed by atoms with Crippen molar-refractivity contribution in [2.24, 2.45) is 5.14 Å². The lowest BCUT2D eigenvalue weighted by Crippen LogP contribution is -2.44. The molecule has 1 aromatic heterocycles. The molecule has 2 heterocycles. The average Bonchev–Trinajstić information content (AvgIpc) is 3.08. The zero-order valence-electron chi connectivity index (χ0n) is 15.4. The number of thiophene rings is 1. The van der Waals surface area contributed by atoms with Crippen LogP contribution < -0.4 is 10.5 Å². The number of halogens is 1. The summed E-state index contributed by atoms with van der Waals surface area (Å²) in [6, 6.07) is 10.8. The molecule has 0 saturated heterocycles. The van der Waals surface area contributed by atoms with Gasteiger partial charge in [-0.05, 0) is 31.0 Å². The third kappa shape index (κ3) is 4.93. The van der Waals surface area contributed by atoms with Crippen LogP contribution >= 0.6 is 23.7 Å². The Balaban J connectivity index is 0.00000280. The number of benzene rings is 1. The van der Waals surface area contributed by atoms with Gasteiger partial charge >= 0.3 is 0 Å². The Kier molecular flexibility index (Phi) is 7.65. The maximum Gasteiger partial charge on any atom is 0.253 e. The lowest BCUT2D eigenvalue weighted by atomic mass is 10.1. The number of nitrogens with two attached hydrogens (primary N) is 1. The van der Waals surface area contributed by atoms with Crippen LogP contribution in [-0.4, -0.2) is 40.8 Å². The molecule has 3 rings (SSSR count). The lowest BCUT2D eigenvalue weighted by molar-refractivity contribution is 0.344. The smallest absolute Gasteiger partial charge is 0.253 e. The number of sulfonamides is 2. The summed E-state index contributed by atoms with van der Waals surface area (Å²) < 4.78 is 51.0. The van der Waals surface area contributed by atoms with Crippen molar-refractivity contribution in [2.45, 2.75) is 34.2 Å². The highest BCUT2D eigenvalue weighted by Gasteiger charge is 2.39. The summed E-state index contributed by atoms with van der Waals surface area (Å²) in [5.74, 6) is 0. The zero-order chi connectivity index (χ0) is 19.7. The molecule has 0 fully saturated rings. The first-order valence-electron chi connectivity index (χ1n) is 8.67. The second-order valence-corrected chi connectivity index (χ2v) is 11.4. The van der Waals surface area contributed by atoms with Crippen LogP contribution in [0.4, 0.5) is 0 Å². The van der Waals surface area contributed by atoms with E-state index in [1.165, 1.54) is 10.4 Å². The number of primary sulfonamides is 1. The van der Waals surface area contributed by atoms with Gasteiger partial charge in [-0.3, -0.25) is 0 Å². The number of nitrogens with one attached hydrogen (secondary N) is 1. The van der Waals surface area contributed by atoms with Gasteiger partial charge in [0.25, 0.3) is 10.0 Å². The summed E-state index contributed by atoms with van der Waals surface area (Å²) in [5, 5.41) is 8.55. The standard InChI is InChI=1S/C17H23N3O4S3.ClH/c1-2-9-19-15-12-20(10-8-13-6-4-3-5-7-13)27(23,24)17-14(15)11-16(25-17)26(18,21)22;/h3-7,11,15,19H,2,8-10,12H2,1H3,(H2,18,21,22);1H/t15-;/m0./s1. The molecule has 0 aliphatic carbocycles. The molecular weight excluding hydrogens is 442 g/mol. The van der Waals surface area contributed by atoms with E-state index in [2.05, 4.69) is 5.32 Å². The SMILES string of the molecule is CCCN[C@H]1CN(CCc2ccccc2)S(=O)(=O)c2sc(S(N)(=O)=O)cc21.Cl. The molecule has 156 valence electrons. The highest BCUT2D eigenvalue weighted by atomic mass is 35.5. The van der Waals surface area contributed by atoms with Crippen LogP contribution in [0.2, 0.25) is 0 Å². The molecule has 0 bridgehead atoms. The number of fused-ring (bicyclic) bond motifs is 1. The van der Waals surface area contributed by atoms with E-state index < -0.39 is 20.0 Å². The molecule has 1 aliphatic heterocycles. The molecule has 1 aromatic carbocycles. The van der Waals surface area contributed by atoms with Crippen molar-refractivity contribution in [3.8, 4) is 0 Å². The minimum absolute atomic E-state index is 0. The fourth-order valence-corrected chi connectivity index (χ4v) is 7.34. The minimum Gasteiger partial charge on any atom is -0.309 e. The topological polar surface area (TPSA) is 110 Å². The van der Waals surface area contributed by atoms with E-state index in [1.807, 2.05) is 37.3 Å². The first kappa shape index (κ1) is 23.3. The molecule has 7 nitrogen and oxygen atoms in total. The fourth-order valence-electron chi connectivity index (χ4n) is 3.07. The van der Waals surface area contributed by atoms with Gasteiger partial charge in [-0.1, -0.05) is 37.3 Å². The summed E-state index contributed by atoms with van der Waals surface area (Å²) in [6.07, 6.45) is 1.47. The van der Waals surface area contributed by atoms with Crippen LogP contribution in [0.15, 0.2) is 44.8 Å². The van der Waals surface area contributed by atoms with Crippen LogP contribution in [0.25, 0.3) is 0 Å². The van der Waals surface area contributed by atoms with E-state index in [4.69, 9.17) is 5.14 Å². The molecule has 3 N–H and O–H groups in total. The molecule has 1 atom stereocenters. The van der Waals surface area contributed by atoms with Gasteiger partial charge in [-0.2, -0.15) is 4.31 Å². The van der Waals surface area contributed by atoms with Crippen molar-refractivity contribution in [1.29, 1.82) is 0 Å².